The second-order valence-corrected chi connectivity index (χ2v) is 7.32. The SMILES string of the molecule is CCCCc1nc(N2CCC(F)C2)c2nnn(Cc3ccccc3Cl)c2n1. The zero-order valence-electron chi connectivity index (χ0n) is 15.3. The third kappa shape index (κ3) is 3.74. The minimum atomic E-state index is -0.827. The third-order valence-corrected chi connectivity index (χ3v) is 5.22. The molecule has 1 aliphatic rings. The van der Waals surface area contributed by atoms with Gasteiger partial charge in [-0.3, -0.25) is 0 Å². The van der Waals surface area contributed by atoms with Gasteiger partial charge >= 0.3 is 0 Å². The number of nitrogens with zero attached hydrogens (tertiary/aromatic N) is 6. The number of aryl methyl sites for hydroxylation is 1. The molecule has 4 rings (SSSR count). The molecule has 142 valence electrons. The molecule has 3 aromatic rings. The molecule has 1 atom stereocenters. The van der Waals surface area contributed by atoms with Gasteiger partial charge in [-0.05, 0) is 24.5 Å². The Hall–Kier alpha value is -2.28. The van der Waals surface area contributed by atoms with Crippen LogP contribution >= 0.6 is 11.6 Å². The lowest BCUT2D eigenvalue weighted by Crippen LogP contribution is -2.22. The fourth-order valence-corrected chi connectivity index (χ4v) is 3.55. The van der Waals surface area contributed by atoms with Gasteiger partial charge in [-0.15, -0.1) is 5.10 Å². The summed E-state index contributed by atoms with van der Waals surface area (Å²) in [7, 11) is 0. The molecule has 1 saturated heterocycles. The number of benzene rings is 1. The van der Waals surface area contributed by atoms with Crippen molar-refractivity contribution in [2.24, 2.45) is 0 Å². The predicted octanol–water partition coefficient (Wildman–Crippen LogP) is 3.81. The molecule has 1 fully saturated rings. The molecule has 2 aromatic heterocycles. The largest absolute Gasteiger partial charge is 0.352 e. The van der Waals surface area contributed by atoms with Gasteiger partial charge in [0.25, 0.3) is 0 Å². The van der Waals surface area contributed by atoms with Crippen molar-refractivity contribution in [3.63, 3.8) is 0 Å². The average Bonchev–Trinajstić information content (AvgIpc) is 3.28. The molecule has 0 N–H and O–H groups in total. The van der Waals surface area contributed by atoms with Crippen LogP contribution in [0.3, 0.4) is 0 Å². The van der Waals surface area contributed by atoms with Crippen molar-refractivity contribution in [3.8, 4) is 0 Å². The Labute approximate surface area is 162 Å². The van der Waals surface area contributed by atoms with E-state index in [1.165, 1.54) is 0 Å². The van der Waals surface area contributed by atoms with Gasteiger partial charge in [0.2, 0.25) is 0 Å². The summed E-state index contributed by atoms with van der Waals surface area (Å²) in [5.74, 6) is 1.45. The molecule has 0 radical (unpaired) electrons. The van der Waals surface area contributed by atoms with E-state index < -0.39 is 6.17 Å². The number of anilines is 1. The normalized spacial score (nSPS) is 17.1. The second kappa shape index (κ2) is 7.76. The standard InChI is InChI=1S/C19H22ClFN6/c1-2-3-8-16-22-18(26-10-9-14(21)12-26)17-19(23-16)27(25-24-17)11-13-6-4-5-7-15(13)20/h4-7,14H,2-3,8-12H2,1H3. The van der Waals surface area contributed by atoms with Crippen LogP contribution in [0.15, 0.2) is 24.3 Å². The lowest BCUT2D eigenvalue weighted by molar-refractivity contribution is 0.364. The van der Waals surface area contributed by atoms with Crippen LogP contribution in [0.25, 0.3) is 11.2 Å². The molecule has 0 aliphatic carbocycles. The summed E-state index contributed by atoms with van der Waals surface area (Å²) < 4.78 is 15.5. The monoisotopic (exact) mass is 388 g/mol. The lowest BCUT2D eigenvalue weighted by Gasteiger charge is -2.17. The second-order valence-electron chi connectivity index (χ2n) is 6.91. The minimum Gasteiger partial charge on any atom is -0.352 e. The van der Waals surface area contributed by atoms with Crippen molar-refractivity contribution < 1.29 is 4.39 Å². The van der Waals surface area contributed by atoms with Gasteiger partial charge in [0.05, 0.1) is 13.1 Å². The maximum absolute atomic E-state index is 13.8. The number of halogens is 2. The summed E-state index contributed by atoms with van der Waals surface area (Å²) >= 11 is 6.30. The molecule has 1 unspecified atom stereocenters. The van der Waals surface area contributed by atoms with Crippen LogP contribution in [0.5, 0.6) is 0 Å². The number of alkyl halides is 1. The predicted molar refractivity (Wildman–Crippen MR) is 104 cm³/mol. The lowest BCUT2D eigenvalue weighted by atomic mass is 10.2. The average molecular weight is 389 g/mol. The summed E-state index contributed by atoms with van der Waals surface area (Å²) in [6.45, 7) is 3.59. The molecule has 3 heterocycles. The van der Waals surface area contributed by atoms with Crippen molar-refractivity contribution in [1.82, 2.24) is 25.0 Å². The molecular formula is C19H22ClFN6. The first-order valence-corrected chi connectivity index (χ1v) is 9.76. The molecule has 0 saturated carbocycles. The first-order valence-electron chi connectivity index (χ1n) is 9.38. The third-order valence-electron chi connectivity index (χ3n) is 4.85. The molecule has 0 amide bonds. The topological polar surface area (TPSA) is 59.7 Å². The smallest absolute Gasteiger partial charge is 0.184 e. The summed E-state index contributed by atoms with van der Waals surface area (Å²) in [5, 5.41) is 9.29. The number of unbranched alkanes of at least 4 members (excludes halogenated alkanes) is 1. The Morgan fingerprint density at radius 1 is 1.26 bits per heavy atom. The zero-order chi connectivity index (χ0) is 18.8. The van der Waals surface area contributed by atoms with E-state index in [4.69, 9.17) is 21.6 Å². The number of rotatable bonds is 6. The Kier molecular flexibility index (Phi) is 5.20. The van der Waals surface area contributed by atoms with E-state index in [9.17, 15) is 4.39 Å². The van der Waals surface area contributed by atoms with Crippen LogP contribution < -0.4 is 4.90 Å². The highest BCUT2D eigenvalue weighted by molar-refractivity contribution is 6.31. The molecule has 1 aromatic carbocycles. The van der Waals surface area contributed by atoms with Crippen LogP contribution in [0.1, 0.15) is 37.6 Å². The summed E-state index contributed by atoms with van der Waals surface area (Å²) in [4.78, 5) is 11.4. The highest BCUT2D eigenvalue weighted by Crippen LogP contribution is 2.27. The minimum absolute atomic E-state index is 0.344. The van der Waals surface area contributed by atoms with Gasteiger partial charge in [-0.2, -0.15) is 0 Å². The fraction of sp³-hybridized carbons (Fsp3) is 0.474. The van der Waals surface area contributed by atoms with Gasteiger partial charge in [-0.25, -0.2) is 19.0 Å². The van der Waals surface area contributed by atoms with Crippen LogP contribution in [-0.4, -0.2) is 44.2 Å². The number of hydrogen-bond donors (Lipinski definition) is 0. The number of aromatic nitrogens is 5. The van der Waals surface area contributed by atoms with E-state index in [1.54, 1.807) is 4.68 Å². The van der Waals surface area contributed by atoms with Gasteiger partial charge in [-0.1, -0.05) is 48.4 Å². The maximum Gasteiger partial charge on any atom is 0.184 e. The van der Waals surface area contributed by atoms with Gasteiger partial charge in [0.15, 0.2) is 17.0 Å². The van der Waals surface area contributed by atoms with E-state index in [1.807, 2.05) is 29.2 Å². The first kappa shape index (κ1) is 18.1. The van der Waals surface area contributed by atoms with Gasteiger partial charge in [0.1, 0.15) is 12.0 Å². The summed E-state index contributed by atoms with van der Waals surface area (Å²) in [6, 6.07) is 7.66. The first-order chi connectivity index (χ1) is 13.2. The van der Waals surface area contributed by atoms with Gasteiger partial charge in [0, 0.05) is 18.0 Å². The summed E-state index contributed by atoms with van der Waals surface area (Å²) in [6.07, 6.45) is 2.53. The Balaban J connectivity index is 1.76. The van der Waals surface area contributed by atoms with Crippen LogP contribution in [-0.2, 0) is 13.0 Å². The maximum atomic E-state index is 13.8. The zero-order valence-corrected chi connectivity index (χ0v) is 16.0. The Morgan fingerprint density at radius 2 is 2.11 bits per heavy atom. The Morgan fingerprint density at radius 3 is 2.85 bits per heavy atom. The molecule has 8 heteroatoms. The highest BCUT2D eigenvalue weighted by atomic mass is 35.5. The van der Waals surface area contributed by atoms with Crippen molar-refractivity contribution in [2.45, 2.75) is 45.3 Å². The van der Waals surface area contributed by atoms with Crippen LogP contribution in [0.4, 0.5) is 10.2 Å². The summed E-state index contributed by atoms with van der Waals surface area (Å²) in [5.41, 5.74) is 2.25. The fourth-order valence-electron chi connectivity index (χ4n) is 3.36. The van der Waals surface area contributed by atoms with Crippen molar-refractivity contribution >= 4 is 28.6 Å². The molecule has 27 heavy (non-hydrogen) atoms. The van der Waals surface area contributed by atoms with E-state index in [2.05, 4.69) is 17.2 Å². The molecule has 6 nitrogen and oxygen atoms in total. The van der Waals surface area contributed by atoms with Crippen molar-refractivity contribution in [3.05, 3.63) is 40.7 Å². The van der Waals surface area contributed by atoms with E-state index in [0.717, 1.165) is 30.7 Å². The molecule has 1 aliphatic heterocycles. The highest BCUT2D eigenvalue weighted by Gasteiger charge is 2.27. The Bertz CT molecular complexity index is 943. The van der Waals surface area contributed by atoms with Crippen LogP contribution in [0.2, 0.25) is 5.02 Å². The quantitative estimate of drug-likeness (QED) is 0.642. The van der Waals surface area contributed by atoms with Crippen molar-refractivity contribution in [1.29, 1.82) is 0 Å². The molecule has 0 spiro atoms. The van der Waals surface area contributed by atoms with Crippen LogP contribution in [0, 0.1) is 0 Å². The number of hydrogen-bond acceptors (Lipinski definition) is 5. The molecule has 0 bridgehead atoms. The van der Waals surface area contributed by atoms with E-state index >= 15 is 0 Å². The van der Waals surface area contributed by atoms with E-state index in [-0.39, 0.29) is 0 Å². The number of fused-ring (bicyclic) bond motifs is 1. The van der Waals surface area contributed by atoms with Crippen molar-refractivity contribution in [2.75, 3.05) is 18.0 Å². The van der Waals surface area contributed by atoms with E-state index in [0.29, 0.717) is 48.1 Å². The molecular weight excluding hydrogens is 367 g/mol. The van der Waals surface area contributed by atoms with Gasteiger partial charge < -0.3 is 4.90 Å².